The number of anilines is 1. The van der Waals surface area contributed by atoms with Crippen molar-refractivity contribution in [1.82, 2.24) is 14.9 Å². The molecule has 0 atom stereocenters. The van der Waals surface area contributed by atoms with Crippen LogP contribution in [0.4, 0.5) is 5.69 Å². The quantitative estimate of drug-likeness (QED) is 0.670. The number of ketones is 2. The van der Waals surface area contributed by atoms with Crippen LogP contribution in [0, 0.1) is 5.92 Å². The zero-order valence-electron chi connectivity index (χ0n) is 20.5. The van der Waals surface area contributed by atoms with Crippen LogP contribution in [0.1, 0.15) is 57.5 Å². The lowest BCUT2D eigenvalue weighted by molar-refractivity contribution is -0.115. The molecule has 2 aromatic rings. The number of Topliss-reactive ketones (excluding diaryl/α,β-unsaturated/α-hetero) is 2. The van der Waals surface area contributed by atoms with E-state index >= 15 is 0 Å². The maximum atomic E-state index is 12.5. The van der Waals surface area contributed by atoms with Crippen molar-refractivity contribution < 1.29 is 13.7 Å². The van der Waals surface area contributed by atoms with Gasteiger partial charge in [0.15, 0.2) is 11.6 Å². The van der Waals surface area contributed by atoms with Gasteiger partial charge in [-0.15, -0.1) is 0 Å². The molecule has 5 rings (SSSR count). The Morgan fingerprint density at radius 3 is 2.71 bits per heavy atom. The molecule has 1 saturated carbocycles. The Labute approximate surface area is 187 Å². The van der Waals surface area contributed by atoms with E-state index in [1.165, 1.54) is 0 Å². The van der Waals surface area contributed by atoms with Crippen molar-refractivity contribution in [3.8, 4) is 0 Å². The first kappa shape index (κ1) is 16.8. The van der Waals surface area contributed by atoms with Crippen molar-refractivity contribution in [3.05, 3.63) is 58.7 Å². The number of allylic oxidation sites excluding steroid dienone is 1. The minimum Gasteiger partial charge on any atom is -0.368 e. The number of fused-ring (bicyclic) bond motifs is 1. The number of carbonyl (C=O) groups is 2. The smallest absolute Gasteiger partial charge is 0.180 e. The number of rotatable bonds is 6. The molecule has 1 aliphatic heterocycles. The van der Waals surface area contributed by atoms with Crippen LogP contribution < -0.4 is 4.90 Å². The molecule has 0 amide bonds. The molecule has 2 fully saturated rings. The van der Waals surface area contributed by atoms with Gasteiger partial charge < -0.3 is 4.90 Å². The number of carbonyl (C=O) groups excluding carboxylic acids is 2. The summed E-state index contributed by atoms with van der Waals surface area (Å²) in [5, 5.41) is 0. The summed E-state index contributed by atoms with van der Waals surface area (Å²) < 4.78 is 21.7. The van der Waals surface area contributed by atoms with Crippen LogP contribution in [0.15, 0.2) is 36.2 Å². The molecular weight excluding hydrogens is 388 g/mol. The lowest BCUT2D eigenvalue weighted by Crippen LogP contribution is -2.46. The number of hydrogen-bond donors (Lipinski definition) is 0. The molecule has 1 saturated heterocycles. The van der Waals surface area contributed by atoms with Crippen LogP contribution in [0.3, 0.4) is 0 Å². The van der Waals surface area contributed by atoms with E-state index in [2.05, 4.69) is 25.8 Å². The highest BCUT2D eigenvalue weighted by Gasteiger charge is 2.33. The van der Waals surface area contributed by atoms with Crippen LogP contribution in [0.25, 0.3) is 6.08 Å². The van der Waals surface area contributed by atoms with Gasteiger partial charge in [0.05, 0.1) is 17.6 Å². The molecule has 160 valence electrons. The van der Waals surface area contributed by atoms with E-state index in [0.717, 1.165) is 73.6 Å². The van der Waals surface area contributed by atoms with Crippen LogP contribution in [0.2, 0.25) is 0 Å². The number of piperazine rings is 1. The van der Waals surface area contributed by atoms with E-state index in [4.69, 9.17) is 4.11 Å². The molecule has 2 aliphatic carbocycles. The van der Waals surface area contributed by atoms with E-state index in [-0.39, 0.29) is 11.5 Å². The van der Waals surface area contributed by atoms with Crippen molar-refractivity contribution >= 4 is 23.3 Å². The average Bonchev–Trinajstić information content (AvgIpc) is 3.63. The highest BCUT2D eigenvalue weighted by atomic mass is 16.1. The van der Waals surface area contributed by atoms with E-state index in [9.17, 15) is 9.59 Å². The van der Waals surface area contributed by atoms with Gasteiger partial charge in [0, 0.05) is 61.4 Å². The summed E-state index contributed by atoms with van der Waals surface area (Å²) in [4.78, 5) is 38.0. The molecule has 3 heterocycles. The van der Waals surface area contributed by atoms with Crippen molar-refractivity contribution in [3.63, 3.8) is 0 Å². The maximum absolute atomic E-state index is 12.5. The summed E-state index contributed by atoms with van der Waals surface area (Å²) in [7, 11) is 0. The lowest BCUT2D eigenvalue weighted by atomic mass is 9.91. The number of hydrogen-bond acceptors (Lipinski definition) is 6. The molecule has 2 aromatic heterocycles. The molecule has 6 heteroatoms. The van der Waals surface area contributed by atoms with Gasteiger partial charge in [0.1, 0.15) is 5.69 Å². The van der Waals surface area contributed by atoms with Gasteiger partial charge in [0.25, 0.3) is 0 Å². The first-order valence-electron chi connectivity index (χ1n) is 12.4. The summed E-state index contributed by atoms with van der Waals surface area (Å²) in [5.74, 6) is 0.248. The molecule has 6 nitrogen and oxygen atoms in total. The van der Waals surface area contributed by atoms with Crippen molar-refractivity contribution in [2.75, 3.05) is 31.1 Å². The fourth-order valence-electron chi connectivity index (χ4n) is 4.42. The SMILES string of the molecule is [2H]C([2H])([2H])CC(=O)c1ccc(N2CCN(Cc3cnc4c(c3)CC(=O)C(C3CC3)=C4)CC2)cn1. The standard InChI is InChI=1S/C25H28N4O2/c1-2-24(30)22-6-5-20(15-27-22)29-9-7-28(8-10-29)16-17-11-19-12-25(31)21(18-3-4-18)13-23(19)26-14-17/h5-6,11,13-15,18H,2-4,7-10,12,16H2,1H3/i1D3. The minimum atomic E-state index is -2.28. The Hall–Kier alpha value is -2.86. The highest BCUT2D eigenvalue weighted by molar-refractivity contribution is 6.04. The third-order valence-electron chi connectivity index (χ3n) is 6.38. The molecule has 0 N–H and O–H groups in total. The van der Waals surface area contributed by atoms with Gasteiger partial charge >= 0.3 is 0 Å². The molecule has 0 radical (unpaired) electrons. The summed E-state index contributed by atoms with van der Waals surface area (Å²) in [6.45, 7) is 1.92. The van der Waals surface area contributed by atoms with E-state index in [0.29, 0.717) is 12.3 Å². The van der Waals surface area contributed by atoms with Crippen LogP contribution in [0.5, 0.6) is 0 Å². The fourth-order valence-corrected chi connectivity index (χ4v) is 4.42. The summed E-state index contributed by atoms with van der Waals surface area (Å²) >= 11 is 0. The summed E-state index contributed by atoms with van der Waals surface area (Å²) in [6, 6.07) is 5.58. The number of nitrogens with zero attached hydrogens (tertiary/aromatic N) is 4. The third kappa shape index (κ3) is 4.30. The van der Waals surface area contributed by atoms with Gasteiger partial charge in [-0.05, 0) is 48.1 Å². The Bertz CT molecular complexity index is 1130. The van der Waals surface area contributed by atoms with Crippen molar-refractivity contribution in [2.45, 2.75) is 39.1 Å². The predicted molar refractivity (Wildman–Crippen MR) is 120 cm³/mol. The van der Waals surface area contributed by atoms with E-state index in [1.54, 1.807) is 12.3 Å². The second-order valence-corrected chi connectivity index (χ2v) is 8.63. The summed E-state index contributed by atoms with van der Waals surface area (Å²) in [6.07, 6.45) is 7.79. The Kier molecular flexibility index (Phi) is 4.52. The molecule has 3 aliphatic rings. The molecule has 0 spiro atoms. The molecular formula is C25H28N4O2. The number of pyridine rings is 2. The number of aromatic nitrogens is 2. The monoisotopic (exact) mass is 419 g/mol. The van der Waals surface area contributed by atoms with Crippen LogP contribution >= 0.6 is 0 Å². The summed E-state index contributed by atoms with van der Waals surface area (Å²) in [5.41, 5.74) is 5.19. The lowest BCUT2D eigenvalue weighted by Gasteiger charge is -2.36. The molecule has 0 bridgehead atoms. The van der Waals surface area contributed by atoms with Gasteiger partial charge in [-0.3, -0.25) is 24.5 Å². The van der Waals surface area contributed by atoms with Gasteiger partial charge in [0.2, 0.25) is 0 Å². The molecule has 31 heavy (non-hydrogen) atoms. The van der Waals surface area contributed by atoms with Crippen molar-refractivity contribution in [1.29, 1.82) is 0 Å². The Morgan fingerprint density at radius 2 is 2.00 bits per heavy atom. The highest BCUT2D eigenvalue weighted by Crippen LogP contribution is 2.40. The van der Waals surface area contributed by atoms with Gasteiger partial charge in [-0.1, -0.05) is 12.9 Å². The zero-order chi connectivity index (χ0) is 23.9. The van der Waals surface area contributed by atoms with E-state index in [1.807, 2.05) is 18.3 Å². The second kappa shape index (κ2) is 8.35. The molecule has 0 unspecified atom stereocenters. The topological polar surface area (TPSA) is 66.4 Å². The van der Waals surface area contributed by atoms with Crippen LogP contribution in [-0.2, 0) is 17.8 Å². The average molecular weight is 420 g/mol. The third-order valence-corrected chi connectivity index (χ3v) is 6.38. The van der Waals surface area contributed by atoms with Gasteiger partial charge in [-0.2, -0.15) is 0 Å². The maximum Gasteiger partial charge on any atom is 0.180 e. The largest absolute Gasteiger partial charge is 0.368 e. The predicted octanol–water partition coefficient (Wildman–Crippen LogP) is 3.31. The van der Waals surface area contributed by atoms with Crippen molar-refractivity contribution in [2.24, 2.45) is 5.92 Å². The first-order valence-corrected chi connectivity index (χ1v) is 10.9. The van der Waals surface area contributed by atoms with Crippen LogP contribution in [-0.4, -0.2) is 52.6 Å². The van der Waals surface area contributed by atoms with E-state index < -0.39 is 19.1 Å². The Morgan fingerprint density at radius 1 is 1.16 bits per heavy atom. The van der Waals surface area contributed by atoms with Gasteiger partial charge in [-0.25, -0.2) is 0 Å². The minimum absolute atomic E-state index is 0.191. The normalized spacial score (nSPS) is 21.0. The zero-order valence-corrected chi connectivity index (χ0v) is 17.5. The Balaban J connectivity index is 1.16. The second-order valence-electron chi connectivity index (χ2n) is 8.63. The molecule has 0 aromatic carbocycles. The first-order chi connectivity index (χ1) is 16.2. The fraction of sp³-hybridized carbons (Fsp3) is 0.440.